The molecule has 0 fully saturated rings. The van der Waals surface area contributed by atoms with E-state index in [-0.39, 0.29) is 6.04 Å². The van der Waals surface area contributed by atoms with Crippen molar-refractivity contribution in [3.05, 3.63) is 41.6 Å². The van der Waals surface area contributed by atoms with E-state index in [1.807, 2.05) is 25.6 Å². The highest BCUT2D eigenvalue weighted by Crippen LogP contribution is 2.31. The van der Waals surface area contributed by atoms with E-state index >= 15 is 0 Å². The fourth-order valence-corrected chi connectivity index (χ4v) is 2.97. The molecule has 0 aliphatic carbocycles. The topological polar surface area (TPSA) is 43.8 Å². The van der Waals surface area contributed by atoms with Gasteiger partial charge in [-0.2, -0.15) is 5.10 Å². The standard InChI is InChI=1S/C14H19N3S/c1-10(15)8-12-6-4-5-7-13(12)18-14-9-11(2)16-17(14)3/h4-7,9-10H,8,15H2,1-3H3. The second kappa shape index (κ2) is 5.59. The summed E-state index contributed by atoms with van der Waals surface area (Å²) in [4.78, 5) is 1.26. The Bertz CT molecular complexity index is 532. The van der Waals surface area contributed by atoms with Gasteiger partial charge in [-0.15, -0.1) is 0 Å². The zero-order chi connectivity index (χ0) is 13.1. The fraction of sp³-hybridized carbons (Fsp3) is 0.357. The van der Waals surface area contributed by atoms with Crippen LogP contribution in [0.4, 0.5) is 0 Å². The lowest BCUT2D eigenvalue weighted by molar-refractivity contribution is 0.691. The molecule has 2 rings (SSSR count). The van der Waals surface area contributed by atoms with Crippen LogP contribution in [0, 0.1) is 6.92 Å². The van der Waals surface area contributed by atoms with Crippen LogP contribution in [0.25, 0.3) is 0 Å². The molecule has 2 aromatic rings. The lowest BCUT2D eigenvalue weighted by Crippen LogP contribution is -2.18. The number of nitrogens with two attached hydrogens (primary N) is 1. The number of hydrogen-bond donors (Lipinski definition) is 1. The van der Waals surface area contributed by atoms with Crippen molar-refractivity contribution in [1.82, 2.24) is 9.78 Å². The molecule has 18 heavy (non-hydrogen) atoms. The number of rotatable bonds is 4. The van der Waals surface area contributed by atoms with E-state index in [0.29, 0.717) is 0 Å². The molecule has 0 saturated carbocycles. The van der Waals surface area contributed by atoms with Crippen molar-refractivity contribution in [2.45, 2.75) is 36.2 Å². The molecule has 0 aliphatic rings. The minimum Gasteiger partial charge on any atom is -0.328 e. The van der Waals surface area contributed by atoms with Gasteiger partial charge < -0.3 is 5.73 Å². The Morgan fingerprint density at radius 3 is 2.72 bits per heavy atom. The molecule has 1 aromatic heterocycles. The van der Waals surface area contributed by atoms with Gasteiger partial charge in [-0.3, -0.25) is 4.68 Å². The van der Waals surface area contributed by atoms with Crippen LogP contribution in [0.2, 0.25) is 0 Å². The molecule has 96 valence electrons. The number of aryl methyl sites for hydroxylation is 2. The Kier molecular flexibility index (Phi) is 4.09. The lowest BCUT2D eigenvalue weighted by Gasteiger charge is -2.11. The van der Waals surface area contributed by atoms with Crippen molar-refractivity contribution in [3.8, 4) is 0 Å². The molecule has 0 bridgehead atoms. The molecule has 0 saturated heterocycles. The highest BCUT2D eigenvalue weighted by Gasteiger charge is 2.09. The third-order valence-electron chi connectivity index (χ3n) is 2.69. The second-order valence-corrected chi connectivity index (χ2v) is 5.70. The summed E-state index contributed by atoms with van der Waals surface area (Å²) in [5.74, 6) is 0. The van der Waals surface area contributed by atoms with Crippen LogP contribution in [-0.2, 0) is 13.5 Å². The van der Waals surface area contributed by atoms with Gasteiger partial charge in [-0.1, -0.05) is 30.0 Å². The Balaban J connectivity index is 2.26. The van der Waals surface area contributed by atoms with Gasteiger partial charge in [0.25, 0.3) is 0 Å². The van der Waals surface area contributed by atoms with Crippen molar-refractivity contribution in [2.24, 2.45) is 12.8 Å². The highest BCUT2D eigenvalue weighted by molar-refractivity contribution is 7.99. The first-order valence-corrected chi connectivity index (χ1v) is 6.90. The minimum absolute atomic E-state index is 0.181. The van der Waals surface area contributed by atoms with Gasteiger partial charge in [0, 0.05) is 18.0 Å². The molecule has 0 amide bonds. The van der Waals surface area contributed by atoms with Crippen LogP contribution < -0.4 is 5.73 Å². The largest absolute Gasteiger partial charge is 0.328 e. The SMILES string of the molecule is Cc1cc(Sc2ccccc2CC(C)N)n(C)n1. The molecule has 4 heteroatoms. The number of hydrogen-bond acceptors (Lipinski definition) is 3. The zero-order valence-electron chi connectivity index (χ0n) is 11.1. The predicted molar refractivity (Wildman–Crippen MR) is 75.9 cm³/mol. The summed E-state index contributed by atoms with van der Waals surface area (Å²) in [5.41, 5.74) is 8.24. The van der Waals surface area contributed by atoms with Crippen LogP contribution in [0.15, 0.2) is 40.3 Å². The maximum Gasteiger partial charge on any atom is 0.0987 e. The van der Waals surface area contributed by atoms with Crippen LogP contribution in [0.1, 0.15) is 18.2 Å². The first-order chi connectivity index (χ1) is 8.56. The van der Waals surface area contributed by atoms with Crippen LogP contribution in [-0.4, -0.2) is 15.8 Å². The van der Waals surface area contributed by atoms with Gasteiger partial charge in [0.2, 0.25) is 0 Å². The number of benzene rings is 1. The van der Waals surface area contributed by atoms with Gasteiger partial charge >= 0.3 is 0 Å². The van der Waals surface area contributed by atoms with Gasteiger partial charge in [0.05, 0.1) is 10.7 Å². The fourth-order valence-electron chi connectivity index (χ4n) is 1.91. The quantitative estimate of drug-likeness (QED) is 0.920. The molecular formula is C14H19N3S. The van der Waals surface area contributed by atoms with Gasteiger partial charge in [-0.25, -0.2) is 0 Å². The maximum absolute atomic E-state index is 5.89. The monoisotopic (exact) mass is 261 g/mol. The average Bonchev–Trinajstić information content (AvgIpc) is 2.59. The molecule has 1 heterocycles. The smallest absolute Gasteiger partial charge is 0.0987 e. The molecule has 0 radical (unpaired) electrons. The third-order valence-corrected chi connectivity index (χ3v) is 3.90. The summed E-state index contributed by atoms with van der Waals surface area (Å²) in [7, 11) is 1.98. The first-order valence-electron chi connectivity index (χ1n) is 6.08. The average molecular weight is 261 g/mol. The Morgan fingerprint density at radius 2 is 2.11 bits per heavy atom. The van der Waals surface area contributed by atoms with E-state index in [1.165, 1.54) is 10.5 Å². The number of nitrogens with zero attached hydrogens (tertiary/aromatic N) is 2. The summed E-state index contributed by atoms with van der Waals surface area (Å²) in [6.45, 7) is 4.05. The summed E-state index contributed by atoms with van der Waals surface area (Å²) in [6.07, 6.45) is 0.903. The normalized spacial score (nSPS) is 12.7. The third kappa shape index (κ3) is 3.15. The highest BCUT2D eigenvalue weighted by atomic mass is 32.2. The van der Waals surface area contributed by atoms with Crippen molar-refractivity contribution < 1.29 is 0 Å². The van der Waals surface area contributed by atoms with E-state index in [9.17, 15) is 0 Å². The van der Waals surface area contributed by atoms with Crippen LogP contribution in [0.3, 0.4) is 0 Å². The summed E-state index contributed by atoms with van der Waals surface area (Å²) in [5, 5.41) is 5.53. The molecule has 2 N–H and O–H groups in total. The first kappa shape index (κ1) is 13.2. The molecule has 0 spiro atoms. The molecule has 0 aliphatic heterocycles. The molecule has 1 atom stereocenters. The van der Waals surface area contributed by atoms with Crippen molar-refractivity contribution in [3.63, 3.8) is 0 Å². The van der Waals surface area contributed by atoms with Gasteiger partial charge in [0.15, 0.2) is 0 Å². The van der Waals surface area contributed by atoms with Gasteiger partial charge in [0.1, 0.15) is 0 Å². The second-order valence-electron chi connectivity index (χ2n) is 4.64. The predicted octanol–water partition coefficient (Wildman–Crippen LogP) is 2.77. The van der Waals surface area contributed by atoms with E-state index in [2.05, 4.69) is 35.4 Å². The van der Waals surface area contributed by atoms with E-state index in [4.69, 9.17) is 5.73 Å². The maximum atomic E-state index is 5.89. The number of aromatic nitrogens is 2. The summed E-state index contributed by atoms with van der Waals surface area (Å²) >= 11 is 1.75. The summed E-state index contributed by atoms with van der Waals surface area (Å²) < 4.78 is 1.92. The minimum atomic E-state index is 0.181. The molecule has 3 nitrogen and oxygen atoms in total. The molecule has 1 unspecified atom stereocenters. The van der Waals surface area contributed by atoms with E-state index in [0.717, 1.165) is 17.1 Å². The summed E-state index contributed by atoms with van der Waals surface area (Å²) in [6, 6.07) is 10.7. The van der Waals surface area contributed by atoms with Crippen molar-refractivity contribution >= 4 is 11.8 Å². The Labute approximate surface area is 112 Å². The van der Waals surface area contributed by atoms with Crippen molar-refractivity contribution in [2.75, 3.05) is 0 Å². The van der Waals surface area contributed by atoms with E-state index in [1.54, 1.807) is 11.8 Å². The Morgan fingerprint density at radius 1 is 1.39 bits per heavy atom. The van der Waals surface area contributed by atoms with Crippen LogP contribution in [0.5, 0.6) is 0 Å². The lowest BCUT2D eigenvalue weighted by atomic mass is 10.1. The Hall–Kier alpha value is -1.26. The van der Waals surface area contributed by atoms with Crippen LogP contribution >= 0.6 is 11.8 Å². The molecular weight excluding hydrogens is 242 g/mol. The zero-order valence-corrected chi connectivity index (χ0v) is 11.9. The van der Waals surface area contributed by atoms with Crippen molar-refractivity contribution in [1.29, 1.82) is 0 Å². The van der Waals surface area contributed by atoms with E-state index < -0.39 is 0 Å². The molecule has 1 aromatic carbocycles. The van der Waals surface area contributed by atoms with Gasteiger partial charge in [-0.05, 0) is 38.0 Å².